The molecule has 5 heteroatoms. The van der Waals surface area contributed by atoms with Crippen LogP contribution in [0.5, 0.6) is 0 Å². The summed E-state index contributed by atoms with van der Waals surface area (Å²) in [5.74, 6) is -1.63. The molecule has 17 heavy (non-hydrogen) atoms. The van der Waals surface area contributed by atoms with Gasteiger partial charge in [0.2, 0.25) is 5.91 Å². The summed E-state index contributed by atoms with van der Waals surface area (Å²) >= 11 is 0. The molecule has 1 saturated heterocycles. The predicted octanol–water partition coefficient (Wildman–Crippen LogP) is 1.07. The van der Waals surface area contributed by atoms with Crippen molar-refractivity contribution in [1.82, 2.24) is 4.90 Å². The van der Waals surface area contributed by atoms with Gasteiger partial charge in [0.15, 0.2) is 0 Å². The number of nitrogens with zero attached hydrogens (tertiary/aromatic N) is 1. The molecule has 1 aromatic carbocycles. The van der Waals surface area contributed by atoms with Gasteiger partial charge in [-0.2, -0.15) is 0 Å². The van der Waals surface area contributed by atoms with Crippen LogP contribution in [0.2, 0.25) is 0 Å². The molecular formula is C12H14F2N2O. The molecule has 1 amide bonds. The van der Waals surface area contributed by atoms with Crippen LogP contribution in [-0.4, -0.2) is 29.9 Å². The Balaban J connectivity index is 2.08. The van der Waals surface area contributed by atoms with E-state index in [-0.39, 0.29) is 23.9 Å². The Labute approximate surface area is 98.2 Å². The van der Waals surface area contributed by atoms with Gasteiger partial charge in [0, 0.05) is 24.7 Å². The number of carbonyl (C=O) groups is 1. The molecule has 0 spiro atoms. The fourth-order valence-electron chi connectivity index (χ4n) is 1.98. The average molecular weight is 240 g/mol. The van der Waals surface area contributed by atoms with E-state index in [4.69, 9.17) is 5.73 Å². The first kappa shape index (κ1) is 12.0. The molecule has 92 valence electrons. The van der Waals surface area contributed by atoms with E-state index in [1.54, 1.807) is 4.90 Å². The lowest BCUT2D eigenvalue weighted by Crippen LogP contribution is -2.33. The number of amides is 1. The fourth-order valence-corrected chi connectivity index (χ4v) is 1.98. The van der Waals surface area contributed by atoms with E-state index in [2.05, 4.69) is 0 Å². The molecule has 3 nitrogen and oxygen atoms in total. The first-order chi connectivity index (χ1) is 8.08. The van der Waals surface area contributed by atoms with Crippen molar-refractivity contribution >= 4 is 5.91 Å². The highest BCUT2D eigenvalue weighted by Crippen LogP contribution is 2.15. The number of halogens is 2. The summed E-state index contributed by atoms with van der Waals surface area (Å²) in [5, 5.41) is 0. The molecule has 0 bridgehead atoms. The molecule has 0 aromatic heterocycles. The van der Waals surface area contributed by atoms with E-state index in [1.807, 2.05) is 0 Å². The Bertz CT molecular complexity index is 416. The summed E-state index contributed by atoms with van der Waals surface area (Å²) in [4.78, 5) is 13.4. The van der Waals surface area contributed by atoms with E-state index >= 15 is 0 Å². The third-order valence-electron chi connectivity index (χ3n) is 2.97. The maximum Gasteiger partial charge on any atom is 0.227 e. The number of carbonyl (C=O) groups excluding carboxylic acids is 1. The average Bonchev–Trinajstić information content (AvgIpc) is 2.70. The summed E-state index contributed by atoms with van der Waals surface area (Å²) < 4.78 is 26.7. The van der Waals surface area contributed by atoms with Crippen molar-refractivity contribution in [1.29, 1.82) is 0 Å². The molecule has 1 aliphatic heterocycles. The lowest BCUT2D eigenvalue weighted by atomic mass is 10.1. The topological polar surface area (TPSA) is 46.3 Å². The normalized spacial score (nSPS) is 19.7. The van der Waals surface area contributed by atoms with Gasteiger partial charge in [-0.05, 0) is 18.6 Å². The summed E-state index contributed by atoms with van der Waals surface area (Å²) in [6, 6.07) is 3.57. The van der Waals surface area contributed by atoms with E-state index in [1.165, 1.54) is 6.07 Å². The number of nitrogens with two attached hydrogens (primary N) is 1. The van der Waals surface area contributed by atoms with Crippen molar-refractivity contribution in [3.05, 3.63) is 35.4 Å². The minimum Gasteiger partial charge on any atom is -0.341 e. The van der Waals surface area contributed by atoms with Gasteiger partial charge in [-0.1, -0.05) is 6.07 Å². The molecular weight excluding hydrogens is 226 g/mol. The number of likely N-dealkylation sites (tertiary alicyclic amines) is 1. The fraction of sp³-hybridized carbons (Fsp3) is 0.417. The first-order valence-corrected chi connectivity index (χ1v) is 5.54. The van der Waals surface area contributed by atoms with E-state index in [9.17, 15) is 13.6 Å². The van der Waals surface area contributed by atoms with Gasteiger partial charge in [-0.15, -0.1) is 0 Å². The molecule has 2 rings (SSSR count). The second-order valence-electron chi connectivity index (χ2n) is 4.27. The summed E-state index contributed by atoms with van der Waals surface area (Å²) in [6.45, 7) is 1.03. The molecule has 0 unspecified atom stereocenters. The van der Waals surface area contributed by atoms with Crippen LogP contribution in [0.25, 0.3) is 0 Å². The second kappa shape index (κ2) is 4.79. The summed E-state index contributed by atoms with van der Waals surface area (Å²) in [6.07, 6.45) is 0.497. The Morgan fingerprint density at radius 2 is 2.06 bits per heavy atom. The van der Waals surface area contributed by atoms with Gasteiger partial charge in [-0.3, -0.25) is 4.79 Å². The lowest BCUT2D eigenvalue weighted by molar-refractivity contribution is -0.129. The minimum absolute atomic E-state index is 0.0237. The molecule has 0 aliphatic carbocycles. The number of benzene rings is 1. The van der Waals surface area contributed by atoms with Gasteiger partial charge in [0.05, 0.1) is 6.42 Å². The largest absolute Gasteiger partial charge is 0.341 e. The quantitative estimate of drug-likeness (QED) is 0.840. The molecule has 0 saturated carbocycles. The Morgan fingerprint density at radius 1 is 1.41 bits per heavy atom. The second-order valence-corrected chi connectivity index (χ2v) is 4.27. The van der Waals surface area contributed by atoms with Crippen molar-refractivity contribution in [3.8, 4) is 0 Å². The van der Waals surface area contributed by atoms with Crippen LogP contribution in [0, 0.1) is 11.6 Å². The van der Waals surface area contributed by atoms with Crippen LogP contribution in [-0.2, 0) is 11.2 Å². The zero-order chi connectivity index (χ0) is 12.4. The maximum atomic E-state index is 13.3. The number of rotatable bonds is 2. The third-order valence-corrected chi connectivity index (χ3v) is 2.97. The van der Waals surface area contributed by atoms with Crippen molar-refractivity contribution in [3.63, 3.8) is 0 Å². The molecule has 1 atom stereocenters. The van der Waals surface area contributed by atoms with Crippen LogP contribution >= 0.6 is 0 Å². The van der Waals surface area contributed by atoms with Gasteiger partial charge in [0.25, 0.3) is 0 Å². The molecule has 1 aromatic rings. The van der Waals surface area contributed by atoms with Crippen LogP contribution < -0.4 is 5.73 Å². The maximum absolute atomic E-state index is 13.3. The van der Waals surface area contributed by atoms with Crippen LogP contribution in [0.15, 0.2) is 18.2 Å². The number of hydrogen-bond donors (Lipinski definition) is 1. The van der Waals surface area contributed by atoms with Crippen molar-refractivity contribution in [2.45, 2.75) is 18.9 Å². The van der Waals surface area contributed by atoms with Crippen LogP contribution in [0.4, 0.5) is 8.78 Å². The molecule has 1 heterocycles. The zero-order valence-corrected chi connectivity index (χ0v) is 9.33. The third kappa shape index (κ3) is 2.61. The number of hydrogen-bond acceptors (Lipinski definition) is 2. The highest BCUT2D eigenvalue weighted by Gasteiger charge is 2.25. The SMILES string of the molecule is N[C@H]1CCN(C(=O)Cc2c(F)cccc2F)C1. The van der Waals surface area contributed by atoms with Gasteiger partial charge >= 0.3 is 0 Å². The van der Waals surface area contributed by atoms with E-state index in [0.29, 0.717) is 13.1 Å². The van der Waals surface area contributed by atoms with Crippen molar-refractivity contribution in [2.75, 3.05) is 13.1 Å². The zero-order valence-electron chi connectivity index (χ0n) is 9.33. The first-order valence-electron chi connectivity index (χ1n) is 5.54. The highest BCUT2D eigenvalue weighted by atomic mass is 19.1. The monoisotopic (exact) mass is 240 g/mol. The van der Waals surface area contributed by atoms with Crippen LogP contribution in [0.1, 0.15) is 12.0 Å². The molecule has 1 fully saturated rings. The summed E-state index contributed by atoms with van der Waals surface area (Å²) in [5.41, 5.74) is 5.51. The Kier molecular flexibility index (Phi) is 3.38. The van der Waals surface area contributed by atoms with Gasteiger partial charge in [0.1, 0.15) is 11.6 Å². The van der Waals surface area contributed by atoms with E-state index in [0.717, 1.165) is 18.6 Å². The lowest BCUT2D eigenvalue weighted by Gasteiger charge is -2.16. The standard InChI is InChI=1S/C12H14F2N2O/c13-10-2-1-3-11(14)9(10)6-12(17)16-5-4-8(15)7-16/h1-3,8H,4-7,15H2/t8-/m0/s1. The van der Waals surface area contributed by atoms with E-state index < -0.39 is 11.6 Å². The Hall–Kier alpha value is -1.49. The van der Waals surface area contributed by atoms with Crippen molar-refractivity contribution < 1.29 is 13.6 Å². The van der Waals surface area contributed by atoms with Gasteiger partial charge in [-0.25, -0.2) is 8.78 Å². The highest BCUT2D eigenvalue weighted by molar-refractivity contribution is 5.79. The predicted molar refractivity (Wildman–Crippen MR) is 59.2 cm³/mol. The summed E-state index contributed by atoms with van der Waals surface area (Å²) in [7, 11) is 0. The minimum atomic E-state index is -0.679. The smallest absolute Gasteiger partial charge is 0.227 e. The molecule has 2 N–H and O–H groups in total. The van der Waals surface area contributed by atoms with Crippen LogP contribution in [0.3, 0.4) is 0 Å². The van der Waals surface area contributed by atoms with Gasteiger partial charge < -0.3 is 10.6 Å². The Morgan fingerprint density at radius 3 is 2.59 bits per heavy atom. The molecule has 0 radical (unpaired) electrons. The molecule has 1 aliphatic rings. The van der Waals surface area contributed by atoms with Crippen molar-refractivity contribution in [2.24, 2.45) is 5.73 Å².